The monoisotopic (exact) mass is 290 g/mol. The third-order valence-corrected chi connectivity index (χ3v) is 3.97. The highest BCUT2D eigenvalue weighted by Crippen LogP contribution is 2.24. The number of nitrogens with zero attached hydrogens (tertiary/aromatic N) is 1. The maximum absolute atomic E-state index is 12.1. The Balaban J connectivity index is 2.54. The zero-order valence-electron chi connectivity index (χ0n) is 11.2. The molecule has 1 fully saturated rings. The summed E-state index contributed by atoms with van der Waals surface area (Å²) in [5, 5.41) is 20.6. The number of hydrogen-bond acceptors (Lipinski definition) is 4. The summed E-state index contributed by atoms with van der Waals surface area (Å²) in [5.41, 5.74) is 0. The van der Waals surface area contributed by atoms with Crippen molar-refractivity contribution in [3.63, 3.8) is 0 Å². The fraction of sp³-hybridized carbons (Fsp3) is 0.833. The molecule has 1 aliphatic rings. The Labute approximate surface area is 117 Å². The number of carboxylic acids is 1. The Kier molecular flexibility index (Phi) is 7.01. The predicted octanol–water partition coefficient (Wildman–Crippen LogP) is 0.749. The molecule has 3 N–H and O–H groups in total. The topological polar surface area (TPSA) is 89.9 Å². The van der Waals surface area contributed by atoms with E-state index in [2.05, 4.69) is 5.32 Å². The normalized spacial score (nSPS) is 16.5. The fourth-order valence-electron chi connectivity index (χ4n) is 1.98. The van der Waals surface area contributed by atoms with Gasteiger partial charge >= 0.3 is 12.0 Å². The second-order valence-electron chi connectivity index (χ2n) is 4.62. The van der Waals surface area contributed by atoms with Gasteiger partial charge in [0.2, 0.25) is 0 Å². The van der Waals surface area contributed by atoms with Crippen LogP contribution in [0.3, 0.4) is 0 Å². The molecule has 7 heteroatoms. The van der Waals surface area contributed by atoms with Crippen molar-refractivity contribution in [2.45, 2.75) is 37.8 Å². The molecule has 0 unspecified atom stereocenters. The summed E-state index contributed by atoms with van der Waals surface area (Å²) in [6, 6.07) is -1.10. The van der Waals surface area contributed by atoms with E-state index in [1.807, 2.05) is 6.26 Å². The Bertz CT molecular complexity index is 310. The Morgan fingerprint density at radius 3 is 2.58 bits per heavy atom. The number of hydrogen-bond donors (Lipinski definition) is 3. The van der Waals surface area contributed by atoms with Crippen LogP contribution in [0.5, 0.6) is 0 Å². The standard InChI is InChI=1S/C12H22N2O4S/c1-19-8-5-10(11(16)17)13-12(18)14(6-7-15)9-3-2-4-9/h9-10,15H,2-8H2,1H3,(H,13,18)(H,16,17)/t10-/m1/s1. The lowest BCUT2D eigenvalue weighted by atomic mass is 9.91. The van der Waals surface area contributed by atoms with Crippen molar-refractivity contribution in [3.05, 3.63) is 0 Å². The first-order chi connectivity index (χ1) is 9.10. The van der Waals surface area contributed by atoms with Gasteiger partial charge in [0.25, 0.3) is 0 Å². The molecule has 19 heavy (non-hydrogen) atoms. The SMILES string of the molecule is CSCC[C@@H](NC(=O)N(CCO)C1CCC1)C(=O)O. The van der Waals surface area contributed by atoms with Gasteiger partial charge < -0.3 is 20.4 Å². The molecule has 6 nitrogen and oxygen atoms in total. The van der Waals surface area contributed by atoms with Crippen molar-refractivity contribution in [1.29, 1.82) is 0 Å². The summed E-state index contributed by atoms with van der Waals surface area (Å²) in [5.74, 6) is -0.333. The van der Waals surface area contributed by atoms with Crippen LogP contribution in [0.1, 0.15) is 25.7 Å². The first-order valence-electron chi connectivity index (χ1n) is 6.50. The van der Waals surface area contributed by atoms with Gasteiger partial charge in [-0.25, -0.2) is 9.59 Å². The maximum Gasteiger partial charge on any atom is 0.326 e. The predicted molar refractivity (Wildman–Crippen MR) is 74.4 cm³/mol. The van der Waals surface area contributed by atoms with Crippen LogP contribution in [0, 0.1) is 0 Å². The van der Waals surface area contributed by atoms with Crippen molar-refractivity contribution in [3.8, 4) is 0 Å². The molecule has 1 rings (SSSR count). The van der Waals surface area contributed by atoms with Gasteiger partial charge in [0.1, 0.15) is 6.04 Å². The zero-order valence-corrected chi connectivity index (χ0v) is 12.0. The summed E-state index contributed by atoms with van der Waals surface area (Å²) < 4.78 is 0. The number of aliphatic hydroxyl groups is 1. The number of urea groups is 1. The molecule has 0 heterocycles. The van der Waals surface area contributed by atoms with Crippen LogP contribution < -0.4 is 5.32 Å². The van der Waals surface area contributed by atoms with E-state index in [1.165, 1.54) is 0 Å². The summed E-state index contributed by atoms with van der Waals surface area (Å²) in [6.07, 6.45) is 5.23. The van der Waals surface area contributed by atoms with Gasteiger partial charge in [-0.15, -0.1) is 0 Å². The quantitative estimate of drug-likeness (QED) is 0.614. The molecule has 1 aliphatic carbocycles. The van der Waals surface area contributed by atoms with Crippen LogP contribution in [0.25, 0.3) is 0 Å². The summed E-state index contributed by atoms with van der Waals surface area (Å²) in [6.45, 7) is 0.151. The van der Waals surface area contributed by atoms with Crippen LogP contribution in [0.2, 0.25) is 0 Å². The fourth-order valence-corrected chi connectivity index (χ4v) is 2.45. The first kappa shape index (κ1) is 16.1. The molecule has 0 spiro atoms. The molecule has 0 saturated heterocycles. The summed E-state index contributed by atoms with van der Waals surface area (Å²) >= 11 is 1.55. The third-order valence-electron chi connectivity index (χ3n) is 3.32. The molecule has 0 aliphatic heterocycles. The van der Waals surface area contributed by atoms with E-state index in [1.54, 1.807) is 16.7 Å². The molecule has 2 amide bonds. The number of carbonyl (C=O) groups excluding carboxylic acids is 1. The molecule has 0 radical (unpaired) electrons. The molecule has 0 aromatic carbocycles. The molecule has 0 aromatic heterocycles. The van der Waals surface area contributed by atoms with E-state index in [-0.39, 0.29) is 25.2 Å². The van der Waals surface area contributed by atoms with Crippen molar-refractivity contribution < 1.29 is 19.8 Å². The lowest BCUT2D eigenvalue weighted by molar-refractivity contribution is -0.139. The number of carbonyl (C=O) groups is 2. The Morgan fingerprint density at radius 1 is 1.47 bits per heavy atom. The largest absolute Gasteiger partial charge is 0.480 e. The lowest BCUT2D eigenvalue weighted by Gasteiger charge is -2.37. The van der Waals surface area contributed by atoms with Gasteiger partial charge in [0, 0.05) is 12.6 Å². The summed E-state index contributed by atoms with van der Waals surface area (Å²) in [4.78, 5) is 24.7. The highest BCUT2D eigenvalue weighted by Gasteiger charge is 2.30. The van der Waals surface area contributed by atoms with Crippen molar-refractivity contribution >= 4 is 23.8 Å². The van der Waals surface area contributed by atoms with Crippen LogP contribution in [-0.2, 0) is 4.79 Å². The van der Waals surface area contributed by atoms with Gasteiger partial charge in [-0.3, -0.25) is 0 Å². The Hall–Kier alpha value is -0.950. The lowest BCUT2D eigenvalue weighted by Crippen LogP contribution is -2.54. The van der Waals surface area contributed by atoms with E-state index < -0.39 is 12.0 Å². The molecular weight excluding hydrogens is 268 g/mol. The number of carboxylic acid groups (broad SMARTS) is 1. The minimum absolute atomic E-state index is 0.105. The van der Waals surface area contributed by atoms with Crippen molar-refractivity contribution in [2.24, 2.45) is 0 Å². The van der Waals surface area contributed by atoms with Crippen LogP contribution in [0.4, 0.5) is 4.79 Å². The second kappa shape index (κ2) is 8.27. The van der Waals surface area contributed by atoms with E-state index in [4.69, 9.17) is 10.2 Å². The van der Waals surface area contributed by atoms with Crippen LogP contribution in [0.15, 0.2) is 0 Å². The smallest absolute Gasteiger partial charge is 0.326 e. The molecule has 110 valence electrons. The number of aliphatic hydroxyl groups excluding tert-OH is 1. The number of rotatable bonds is 8. The Morgan fingerprint density at radius 2 is 2.16 bits per heavy atom. The van der Waals surface area contributed by atoms with E-state index in [0.717, 1.165) is 19.3 Å². The minimum Gasteiger partial charge on any atom is -0.480 e. The average Bonchev–Trinajstić information content (AvgIpc) is 2.31. The van der Waals surface area contributed by atoms with Crippen LogP contribution in [-0.4, -0.2) is 64.4 Å². The van der Waals surface area contributed by atoms with Gasteiger partial charge in [-0.05, 0) is 37.7 Å². The van der Waals surface area contributed by atoms with Gasteiger partial charge in [0.15, 0.2) is 0 Å². The number of amides is 2. The van der Waals surface area contributed by atoms with Gasteiger partial charge in [0.05, 0.1) is 6.61 Å². The molecule has 1 atom stereocenters. The zero-order chi connectivity index (χ0) is 14.3. The molecular formula is C12H22N2O4S. The first-order valence-corrected chi connectivity index (χ1v) is 7.89. The molecule has 0 aromatic rings. The number of aliphatic carboxylic acids is 1. The summed E-state index contributed by atoms with van der Waals surface area (Å²) in [7, 11) is 0. The van der Waals surface area contributed by atoms with E-state index in [0.29, 0.717) is 12.2 Å². The maximum atomic E-state index is 12.1. The minimum atomic E-state index is -1.01. The van der Waals surface area contributed by atoms with Gasteiger partial charge in [-0.2, -0.15) is 11.8 Å². The van der Waals surface area contributed by atoms with E-state index >= 15 is 0 Å². The highest BCUT2D eigenvalue weighted by atomic mass is 32.2. The van der Waals surface area contributed by atoms with Crippen LogP contribution >= 0.6 is 11.8 Å². The molecule has 1 saturated carbocycles. The molecule has 0 bridgehead atoms. The number of nitrogens with one attached hydrogen (secondary N) is 1. The third kappa shape index (κ3) is 4.91. The van der Waals surface area contributed by atoms with Crippen molar-refractivity contribution in [1.82, 2.24) is 10.2 Å². The average molecular weight is 290 g/mol. The van der Waals surface area contributed by atoms with Gasteiger partial charge in [-0.1, -0.05) is 0 Å². The van der Waals surface area contributed by atoms with E-state index in [9.17, 15) is 9.59 Å². The second-order valence-corrected chi connectivity index (χ2v) is 5.61. The van der Waals surface area contributed by atoms with Crippen molar-refractivity contribution in [2.75, 3.05) is 25.2 Å². The number of thioether (sulfide) groups is 1. The highest BCUT2D eigenvalue weighted by molar-refractivity contribution is 7.98.